The first-order valence-electron chi connectivity index (χ1n) is 4.83. The number of methoxy groups -OCH3 is 1. The summed E-state index contributed by atoms with van der Waals surface area (Å²) in [6.45, 7) is 2.03. The first-order valence-corrected chi connectivity index (χ1v) is 4.83. The summed E-state index contributed by atoms with van der Waals surface area (Å²) in [6, 6.07) is 6.08. The molecule has 3 nitrogen and oxygen atoms in total. The summed E-state index contributed by atoms with van der Waals surface area (Å²) >= 11 is 0. The van der Waals surface area contributed by atoms with E-state index in [4.69, 9.17) is 4.74 Å². The van der Waals surface area contributed by atoms with Crippen molar-refractivity contribution >= 4 is 0 Å². The van der Waals surface area contributed by atoms with Crippen molar-refractivity contribution in [3.63, 3.8) is 0 Å². The SMILES string of the molecule is COc1ccc(-c2cn(C)cn2)cc1C. The molecule has 1 aromatic heterocycles. The van der Waals surface area contributed by atoms with E-state index in [1.165, 1.54) is 0 Å². The Morgan fingerprint density at radius 3 is 2.67 bits per heavy atom. The Bertz CT molecular complexity index is 474. The van der Waals surface area contributed by atoms with E-state index in [2.05, 4.69) is 11.1 Å². The molecule has 0 bridgehead atoms. The molecule has 0 amide bonds. The van der Waals surface area contributed by atoms with E-state index >= 15 is 0 Å². The van der Waals surface area contributed by atoms with Crippen molar-refractivity contribution in [3.05, 3.63) is 36.3 Å². The normalized spacial score (nSPS) is 10.3. The summed E-state index contributed by atoms with van der Waals surface area (Å²) in [7, 11) is 3.65. The zero-order chi connectivity index (χ0) is 10.8. The fourth-order valence-corrected chi connectivity index (χ4v) is 1.60. The molecular weight excluding hydrogens is 188 g/mol. The first kappa shape index (κ1) is 9.77. The van der Waals surface area contributed by atoms with Gasteiger partial charge in [0.1, 0.15) is 5.75 Å². The van der Waals surface area contributed by atoms with E-state index in [1.54, 1.807) is 13.4 Å². The van der Waals surface area contributed by atoms with Gasteiger partial charge in [-0.3, -0.25) is 0 Å². The van der Waals surface area contributed by atoms with Gasteiger partial charge >= 0.3 is 0 Å². The third-order valence-electron chi connectivity index (χ3n) is 2.40. The smallest absolute Gasteiger partial charge is 0.121 e. The number of hydrogen-bond acceptors (Lipinski definition) is 2. The van der Waals surface area contributed by atoms with Gasteiger partial charge in [-0.15, -0.1) is 0 Å². The van der Waals surface area contributed by atoms with Gasteiger partial charge < -0.3 is 9.30 Å². The lowest BCUT2D eigenvalue weighted by atomic mass is 10.1. The number of aromatic nitrogens is 2. The molecule has 0 radical (unpaired) electrons. The average Bonchev–Trinajstić information content (AvgIpc) is 2.65. The minimum atomic E-state index is 0.912. The topological polar surface area (TPSA) is 27.1 Å². The molecule has 0 saturated carbocycles. The van der Waals surface area contributed by atoms with E-state index in [0.717, 1.165) is 22.6 Å². The van der Waals surface area contributed by atoms with E-state index < -0.39 is 0 Å². The monoisotopic (exact) mass is 202 g/mol. The summed E-state index contributed by atoms with van der Waals surface area (Å²) in [4.78, 5) is 4.30. The van der Waals surface area contributed by atoms with Crippen LogP contribution in [0.5, 0.6) is 5.75 Å². The molecule has 0 saturated heterocycles. The van der Waals surface area contributed by atoms with Gasteiger partial charge in [-0.1, -0.05) is 0 Å². The van der Waals surface area contributed by atoms with Crippen molar-refractivity contribution in [1.29, 1.82) is 0 Å². The van der Waals surface area contributed by atoms with Gasteiger partial charge in [0.15, 0.2) is 0 Å². The second-order valence-corrected chi connectivity index (χ2v) is 3.61. The summed E-state index contributed by atoms with van der Waals surface area (Å²) < 4.78 is 7.15. The third-order valence-corrected chi connectivity index (χ3v) is 2.40. The lowest BCUT2D eigenvalue weighted by Crippen LogP contribution is -1.87. The summed E-state index contributed by atoms with van der Waals surface area (Å²) in [6.07, 6.45) is 3.80. The number of aryl methyl sites for hydroxylation is 2. The second kappa shape index (κ2) is 3.77. The highest BCUT2D eigenvalue weighted by Crippen LogP contribution is 2.24. The molecule has 2 rings (SSSR count). The number of benzene rings is 1. The van der Waals surface area contributed by atoms with E-state index in [0.29, 0.717) is 0 Å². The number of hydrogen-bond donors (Lipinski definition) is 0. The van der Waals surface area contributed by atoms with E-state index in [1.807, 2.05) is 36.9 Å². The number of nitrogens with zero attached hydrogens (tertiary/aromatic N) is 2. The second-order valence-electron chi connectivity index (χ2n) is 3.61. The Labute approximate surface area is 89.3 Å². The van der Waals surface area contributed by atoms with Crippen LogP contribution in [0.1, 0.15) is 5.56 Å². The Morgan fingerprint density at radius 2 is 2.13 bits per heavy atom. The summed E-state index contributed by atoms with van der Waals surface area (Å²) in [5, 5.41) is 0. The number of rotatable bonds is 2. The van der Waals surface area contributed by atoms with Gasteiger partial charge in [-0.05, 0) is 30.7 Å². The van der Waals surface area contributed by atoms with E-state index in [9.17, 15) is 0 Å². The molecule has 0 atom stereocenters. The Kier molecular flexibility index (Phi) is 2.46. The molecule has 1 heterocycles. The maximum Gasteiger partial charge on any atom is 0.121 e. The summed E-state index contributed by atoms with van der Waals surface area (Å²) in [5.41, 5.74) is 3.23. The highest BCUT2D eigenvalue weighted by molar-refractivity contribution is 5.61. The highest BCUT2D eigenvalue weighted by atomic mass is 16.5. The fraction of sp³-hybridized carbons (Fsp3) is 0.250. The Balaban J connectivity index is 2.42. The van der Waals surface area contributed by atoms with Crippen LogP contribution in [0.2, 0.25) is 0 Å². The zero-order valence-corrected chi connectivity index (χ0v) is 9.19. The molecule has 0 aliphatic rings. The Morgan fingerprint density at radius 1 is 1.33 bits per heavy atom. The molecule has 15 heavy (non-hydrogen) atoms. The molecule has 0 unspecified atom stereocenters. The molecule has 0 N–H and O–H groups in total. The van der Waals surface area contributed by atoms with Crippen LogP contribution in [0.3, 0.4) is 0 Å². The van der Waals surface area contributed by atoms with Crippen molar-refractivity contribution in [3.8, 4) is 17.0 Å². The molecule has 0 spiro atoms. The fourth-order valence-electron chi connectivity index (χ4n) is 1.60. The number of imidazole rings is 1. The molecular formula is C12H14N2O. The lowest BCUT2D eigenvalue weighted by Gasteiger charge is -2.05. The van der Waals surface area contributed by atoms with Crippen molar-refractivity contribution < 1.29 is 4.74 Å². The zero-order valence-electron chi connectivity index (χ0n) is 9.19. The van der Waals surface area contributed by atoms with Crippen molar-refractivity contribution in [2.24, 2.45) is 7.05 Å². The van der Waals surface area contributed by atoms with Gasteiger partial charge in [0.2, 0.25) is 0 Å². The maximum atomic E-state index is 5.22. The van der Waals surface area contributed by atoms with Crippen LogP contribution in [-0.4, -0.2) is 16.7 Å². The van der Waals surface area contributed by atoms with Gasteiger partial charge in [0, 0.05) is 18.8 Å². The molecule has 78 valence electrons. The van der Waals surface area contributed by atoms with E-state index in [-0.39, 0.29) is 0 Å². The van der Waals surface area contributed by atoms with Crippen LogP contribution in [-0.2, 0) is 7.05 Å². The van der Waals surface area contributed by atoms with Crippen molar-refractivity contribution in [2.75, 3.05) is 7.11 Å². The molecule has 0 aliphatic heterocycles. The molecule has 3 heteroatoms. The van der Waals surface area contributed by atoms with Crippen molar-refractivity contribution in [2.45, 2.75) is 6.92 Å². The van der Waals surface area contributed by atoms with Crippen LogP contribution >= 0.6 is 0 Å². The maximum absolute atomic E-state index is 5.22. The highest BCUT2D eigenvalue weighted by Gasteiger charge is 2.03. The third kappa shape index (κ3) is 1.86. The van der Waals surface area contributed by atoms with Gasteiger partial charge in [0.25, 0.3) is 0 Å². The minimum absolute atomic E-state index is 0.912. The quantitative estimate of drug-likeness (QED) is 0.747. The summed E-state index contributed by atoms with van der Waals surface area (Å²) in [5.74, 6) is 0.912. The largest absolute Gasteiger partial charge is 0.496 e. The molecule has 2 aromatic rings. The predicted molar refractivity (Wildman–Crippen MR) is 59.9 cm³/mol. The van der Waals surface area contributed by atoms with Gasteiger partial charge in [-0.25, -0.2) is 4.98 Å². The van der Waals surface area contributed by atoms with Gasteiger partial charge in [-0.2, -0.15) is 0 Å². The standard InChI is InChI=1S/C12H14N2O/c1-9-6-10(4-5-12(9)15-3)11-7-14(2)8-13-11/h4-8H,1-3H3. The Hall–Kier alpha value is -1.77. The molecule has 1 aromatic carbocycles. The van der Waals surface area contributed by atoms with Crippen LogP contribution in [0.15, 0.2) is 30.7 Å². The molecule has 0 aliphatic carbocycles. The average molecular weight is 202 g/mol. The first-order chi connectivity index (χ1) is 7.20. The van der Waals surface area contributed by atoms with Crippen LogP contribution in [0, 0.1) is 6.92 Å². The van der Waals surface area contributed by atoms with Gasteiger partial charge in [0.05, 0.1) is 19.1 Å². The lowest BCUT2D eigenvalue weighted by molar-refractivity contribution is 0.412. The predicted octanol–water partition coefficient (Wildman–Crippen LogP) is 2.40. The van der Waals surface area contributed by atoms with Crippen LogP contribution in [0.25, 0.3) is 11.3 Å². The van der Waals surface area contributed by atoms with Crippen LogP contribution in [0.4, 0.5) is 0 Å². The minimum Gasteiger partial charge on any atom is -0.496 e. The van der Waals surface area contributed by atoms with Crippen molar-refractivity contribution in [1.82, 2.24) is 9.55 Å². The van der Waals surface area contributed by atoms with Crippen LogP contribution < -0.4 is 4.74 Å². The molecule has 0 fully saturated rings. The number of ether oxygens (including phenoxy) is 1.